The fourth-order valence-electron chi connectivity index (χ4n) is 5.64. The molecule has 0 fully saturated rings. The van der Waals surface area contributed by atoms with E-state index in [4.69, 9.17) is 47.7 Å². The number of hydrogen-bond donors (Lipinski definition) is 6. The number of methoxy groups -OCH3 is 2. The largest absolute Gasteiger partial charge is 1.00 e. The SMILES string of the molecule is C.C=CC(=O)OC.CCCO.CCCOCCC(=O)Nc1c(N)n(C)c(=O)n(C)c1=O.CCCOCCC(=O)O.CCCOCCC(=O)OC.CCCOCCC1=Nc2c(c(=O)n(C)c(=O)n2C)C1.Cn1c(N)c(N)c(=O)n(C)c1=O.[2H][B].[Li+].[OH-].[U]. The molecule has 30 nitrogen and oxygen atoms in total. The summed E-state index contributed by atoms with van der Waals surface area (Å²) in [4.78, 5) is 116. The van der Waals surface area contributed by atoms with E-state index < -0.39 is 34.4 Å². The van der Waals surface area contributed by atoms with Crippen LogP contribution in [0.3, 0.4) is 0 Å². The topological polar surface area (TPSA) is 429 Å². The van der Waals surface area contributed by atoms with Gasteiger partial charge in [0.25, 0.3) is 16.7 Å². The fraction of sp³-hybridized carbons (Fsp3) is 0.635. The summed E-state index contributed by atoms with van der Waals surface area (Å²) in [6.07, 6.45) is 7.58. The molecule has 0 aromatic carbocycles. The zero-order valence-electron chi connectivity index (χ0n) is 52.5. The second kappa shape index (κ2) is 56.0. The fourth-order valence-corrected chi connectivity index (χ4v) is 5.64. The van der Waals surface area contributed by atoms with Gasteiger partial charge in [0.1, 0.15) is 28.8 Å². The van der Waals surface area contributed by atoms with Gasteiger partial charge in [-0.05, 0) is 33.4 Å². The number of anilines is 4. The Bertz CT molecular complexity index is 2770. The molecule has 0 atom stereocenters. The number of esters is 2. The van der Waals surface area contributed by atoms with Crippen LogP contribution in [-0.4, -0.2) is 156 Å². The number of nitrogens with one attached hydrogen (secondary N) is 1. The van der Waals surface area contributed by atoms with Gasteiger partial charge in [0.15, 0.2) is 0 Å². The number of aliphatic carboxylic acids is 1. The van der Waals surface area contributed by atoms with Crippen LogP contribution in [0.2, 0.25) is 0 Å². The molecule has 33 heteroatoms. The van der Waals surface area contributed by atoms with Crippen LogP contribution in [-0.2, 0) is 96.3 Å². The van der Waals surface area contributed by atoms with Crippen molar-refractivity contribution < 1.29 is 113 Å². The summed E-state index contributed by atoms with van der Waals surface area (Å²) in [7, 11) is 15.1. The van der Waals surface area contributed by atoms with E-state index in [0.29, 0.717) is 70.3 Å². The molecule has 3 aromatic heterocycles. The van der Waals surface area contributed by atoms with Crippen molar-refractivity contribution in [1.29, 1.82) is 1.34 Å². The van der Waals surface area contributed by atoms with Crippen LogP contribution in [0.5, 0.6) is 0 Å². The van der Waals surface area contributed by atoms with Crippen molar-refractivity contribution in [3.05, 3.63) is 80.7 Å². The number of fused-ring (bicyclic) bond motifs is 1. The molecule has 3 aromatic rings. The Morgan fingerprint density at radius 1 is 0.635 bits per heavy atom. The Balaban J connectivity index is -0.000000143. The number of carbonyl (C=O) groups is 4. The number of aliphatic hydroxyl groups is 1. The van der Waals surface area contributed by atoms with Gasteiger partial charge in [-0.3, -0.25) is 56.2 Å². The quantitative estimate of drug-likeness (QED) is 0.0250. The number of nitrogens with zero attached hydrogens (tertiary/aromatic N) is 7. The first-order valence-corrected chi connectivity index (χ1v) is 25.6. The minimum absolute atomic E-state index is 0. The zero-order valence-corrected chi connectivity index (χ0v) is 55.7. The molecule has 480 valence electrons. The Hall–Kier alpha value is -5.80. The molecular formula is C52H95BLiN11O19U. The minimum atomic E-state index is -0.800. The monoisotopic (exact) mass is 1430 g/mol. The smallest absolute Gasteiger partial charge is 0.870 e. The standard InChI is InChI=1S/C13H19N3O3.C12H20N4O4.C7H14O3.C6H10N4O2.C6H12O3.C4H6O2.C3H8O.CH4.BH.Li.H2O.U/c1-4-6-19-7-5-9-8-10-11(14-9)15(2)13(18)16(3)12(10)17;1-4-6-20-7-5-8(17)14-9-10(13)15(2)12(19)16(3)11(9)18;1-3-5-10-6-4-7(8)9-2;1-9-4(8)3(7)5(11)10(2)6(9)12;1-2-4-9-5-3-6(7)8;1-3-4(5)6-2;1-2-3-4;;;;;/h4-8H2,1-3H3;4-7,13H2,1-3H3,(H,14,17);3-6H2,1-2H3;7-8H2,1-2H3;2-5H2,1H3,(H,7,8);3H,1H2,2H3;4H,2-3H2,1H3;1H4;1H;;1H2;/q;;;;;;;;;+1;;/p-1/i;;;;;;;;1D;;;. The molecule has 0 saturated heterocycles. The van der Waals surface area contributed by atoms with Crippen molar-refractivity contribution in [2.24, 2.45) is 47.3 Å². The number of carboxylic acid groups (broad SMARTS) is 1. The van der Waals surface area contributed by atoms with Crippen molar-refractivity contribution in [3.8, 4) is 0 Å². The average Bonchev–Trinajstić information content (AvgIpc) is 3.92. The normalized spacial score (nSPS) is 9.95. The number of nitrogens with two attached hydrogens (primary N) is 3. The van der Waals surface area contributed by atoms with E-state index in [2.05, 4.69) is 41.7 Å². The summed E-state index contributed by atoms with van der Waals surface area (Å²) in [6, 6.07) is 0. The van der Waals surface area contributed by atoms with Gasteiger partial charge in [0, 0.05) is 139 Å². The number of carbonyl (C=O) groups excluding carboxylic acids is 3. The Morgan fingerprint density at radius 2 is 1.04 bits per heavy atom. The maximum Gasteiger partial charge on any atom is 1.00 e. The zero-order chi connectivity index (χ0) is 64.1. The van der Waals surface area contributed by atoms with E-state index in [1.54, 1.807) is 7.05 Å². The minimum Gasteiger partial charge on any atom is -0.870 e. The van der Waals surface area contributed by atoms with Crippen molar-refractivity contribution in [2.45, 2.75) is 106 Å². The third-order valence-electron chi connectivity index (χ3n) is 10.2. The molecule has 85 heavy (non-hydrogen) atoms. The van der Waals surface area contributed by atoms with Gasteiger partial charge in [-0.1, -0.05) is 48.6 Å². The molecule has 0 spiro atoms. The van der Waals surface area contributed by atoms with E-state index in [0.717, 1.165) is 79.9 Å². The van der Waals surface area contributed by atoms with Gasteiger partial charge in [-0.2, -0.15) is 0 Å². The number of rotatable bonds is 23. The molecule has 10 N–H and O–H groups in total. The van der Waals surface area contributed by atoms with Crippen LogP contribution in [0.15, 0.2) is 46.4 Å². The van der Waals surface area contributed by atoms with Crippen LogP contribution in [0.25, 0.3) is 0 Å². The van der Waals surface area contributed by atoms with E-state index in [9.17, 15) is 47.9 Å². The molecule has 0 unspecified atom stereocenters. The molecule has 4 heterocycles. The summed E-state index contributed by atoms with van der Waals surface area (Å²) in [5.74, 6) is -1.36. The van der Waals surface area contributed by atoms with Gasteiger partial charge in [-0.25, -0.2) is 24.2 Å². The van der Waals surface area contributed by atoms with E-state index >= 15 is 0 Å². The third-order valence-corrected chi connectivity index (χ3v) is 10.2. The molecule has 1 amide bonds. The van der Waals surface area contributed by atoms with E-state index in [1.165, 1.54) is 54.0 Å². The first kappa shape index (κ1) is 92.9. The summed E-state index contributed by atoms with van der Waals surface area (Å²) in [6.45, 7) is 17.8. The molecule has 1 aliphatic heterocycles. The Morgan fingerprint density at radius 3 is 1.44 bits per heavy atom. The van der Waals surface area contributed by atoms with Crippen LogP contribution in [0.4, 0.5) is 28.8 Å². The van der Waals surface area contributed by atoms with Gasteiger partial charge in [0.05, 0.1) is 65.5 Å². The van der Waals surface area contributed by atoms with Gasteiger partial charge in [-0.15, -0.1) is 0 Å². The molecule has 0 saturated carbocycles. The maximum atomic E-state index is 12.0. The first-order valence-electron chi connectivity index (χ1n) is 26.2. The van der Waals surface area contributed by atoms with Gasteiger partial charge >= 0.3 is 53.8 Å². The number of hydrogen-bond acceptors (Lipinski definition) is 22. The third kappa shape index (κ3) is 38.1. The second-order valence-corrected chi connectivity index (χ2v) is 16.8. The summed E-state index contributed by atoms with van der Waals surface area (Å²) in [5.41, 5.74) is 14.9. The van der Waals surface area contributed by atoms with Crippen LogP contribution >= 0.6 is 0 Å². The average molecular weight is 1440 g/mol. The number of nitrogen functional groups attached to an aromatic ring is 3. The summed E-state index contributed by atoms with van der Waals surface area (Å²) in [5, 5.41) is 18.4. The van der Waals surface area contributed by atoms with Gasteiger partial charge in [0.2, 0.25) is 5.91 Å². The molecular weight excluding hydrogens is 1340 g/mol. The molecule has 0 aliphatic carbocycles. The van der Waals surface area contributed by atoms with Crippen LogP contribution in [0.1, 0.15) is 105 Å². The van der Waals surface area contributed by atoms with Crippen LogP contribution in [0, 0.1) is 31.1 Å². The molecule has 2 radical (unpaired) electrons. The van der Waals surface area contributed by atoms with Crippen molar-refractivity contribution >= 4 is 66.7 Å². The molecule has 0 bridgehead atoms. The number of aliphatic hydroxyl groups excluding tert-OH is 1. The number of aromatic nitrogens is 6. The van der Waals surface area contributed by atoms with Crippen LogP contribution < -0.4 is 75.1 Å². The maximum absolute atomic E-state index is 12.0. The molecule has 4 rings (SSSR count). The van der Waals surface area contributed by atoms with E-state index in [1.807, 2.05) is 27.7 Å². The molecule has 1 aliphatic rings. The predicted octanol–water partition coefficient (Wildman–Crippen LogP) is -2.39. The first-order chi connectivity index (χ1) is 38.7. The second-order valence-electron chi connectivity index (χ2n) is 16.8. The predicted molar refractivity (Wildman–Crippen MR) is 321 cm³/mol. The Labute approximate surface area is 536 Å². The number of carboxylic acids is 1. The van der Waals surface area contributed by atoms with E-state index in [-0.39, 0.29) is 128 Å². The van der Waals surface area contributed by atoms with Gasteiger partial charge < -0.3 is 66.6 Å². The Kier molecular flexibility index (Phi) is 61.3. The van der Waals surface area contributed by atoms with Crippen molar-refractivity contribution in [2.75, 3.05) is 96.2 Å². The summed E-state index contributed by atoms with van der Waals surface area (Å²) < 4.78 is 41.0. The van der Waals surface area contributed by atoms with Crippen molar-refractivity contribution in [3.63, 3.8) is 0 Å². The van der Waals surface area contributed by atoms with Crippen molar-refractivity contribution in [1.82, 2.24) is 27.4 Å². The number of aliphatic imine (C=N–C) groups is 1. The number of ether oxygens (including phenoxy) is 6. The summed E-state index contributed by atoms with van der Waals surface area (Å²) >= 11 is 0. The number of amides is 1.